The van der Waals surface area contributed by atoms with Crippen molar-refractivity contribution >= 4 is 33.4 Å². The van der Waals surface area contributed by atoms with Gasteiger partial charge in [-0.05, 0) is 64.5 Å². The molecule has 1 aliphatic carbocycles. The molecule has 0 spiro atoms. The molecule has 0 saturated heterocycles. The predicted molar refractivity (Wildman–Crippen MR) is 121 cm³/mol. The summed E-state index contributed by atoms with van der Waals surface area (Å²) in [7, 11) is 0. The normalized spacial score (nSPS) is 20.3. The summed E-state index contributed by atoms with van der Waals surface area (Å²) < 4.78 is 14.4. The molecule has 5 nitrogen and oxygen atoms in total. The molecule has 31 heavy (non-hydrogen) atoms. The maximum absolute atomic E-state index is 13.6. The highest BCUT2D eigenvalue weighted by molar-refractivity contribution is 9.10. The minimum Gasteiger partial charge on any atom is -0.362 e. The first-order chi connectivity index (χ1) is 14.6. The van der Waals surface area contributed by atoms with Crippen LogP contribution in [0.2, 0.25) is 0 Å². The highest BCUT2D eigenvalue weighted by atomic mass is 79.9. The van der Waals surface area contributed by atoms with E-state index in [0.29, 0.717) is 41.1 Å². The Morgan fingerprint density at radius 1 is 1.19 bits per heavy atom. The zero-order chi connectivity index (χ0) is 22.3. The highest BCUT2D eigenvalue weighted by Gasteiger charge is 2.42. The van der Waals surface area contributed by atoms with Crippen LogP contribution < -0.4 is 10.6 Å². The van der Waals surface area contributed by atoms with Gasteiger partial charge in [0.05, 0.1) is 0 Å². The zero-order valence-corrected chi connectivity index (χ0v) is 19.1. The summed E-state index contributed by atoms with van der Waals surface area (Å²) in [6, 6.07) is 9.47. The Morgan fingerprint density at radius 3 is 2.55 bits per heavy atom. The van der Waals surface area contributed by atoms with E-state index in [1.165, 1.54) is 12.1 Å². The summed E-state index contributed by atoms with van der Waals surface area (Å²) in [5.74, 6) is -0.877. The Bertz CT molecular complexity index is 1120. The summed E-state index contributed by atoms with van der Waals surface area (Å²) in [6.07, 6.45) is 2.69. The van der Waals surface area contributed by atoms with Gasteiger partial charge in [0.15, 0.2) is 5.78 Å². The van der Waals surface area contributed by atoms with Gasteiger partial charge in [0.25, 0.3) is 5.91 Å². The van der Waals surface area contributed by atoms with Gasteiger partial charge >= 0.3 is 0 Å². The Balaban J connectivity index is 1.79. The monoisotopic (exact) mass is 483 g/mol. The third-order valence-corrected chi connectivity index (χ3v) is 6.13. The molecule has 2 N–H and O–H groups in total. The van der Waals surface area contributed by atoms with E-state index >= 15 is 0 Å². The van der Waals surface area contributed by atoms with Crippen molar-refractivity contribution in [2.75, 3.05) is 5.32 Å². The van der Waals surface area contributed by atoms with Crippen molar-refractivity contribution in [3.8, 4) is 0 Å². The first-order valence-corrected chi connectivity index (χ1v) is 10.9. The minimum absolute atomic E-state index is 0.00708. The number of anilines is 1. The van der Waals surface area contributed by atoms with Gasteiger partial charge in [-0.1, -0.05) is 26.0 Å². The number of rotatable bonds is 3. The number of nitrogens with one attached hydrogen (secondary N) is 2. The number of pyridine rings is 1. The number of halogens is 2. The number of aromatic nitrogens is 1. The molecule has 1 atom stereocenters. The molecule has 0 radical (unpaired) electrons. The molecule has 2 aromatic rings. The van der Waals surface area contributed by atoms with Crippen LogP contribution in [0.1, 0.15) is 45.1 Å². The summed E-state index contributed by atoms with van der Waals surface area (Å²) in [5, 5.41) is 6.15. The van der Waals surface area contributed by atoms with E-state index in [-0.39, 0.29) is 22.9 Å². The first kappa shape index (κ1) is 21.4. The number of benzene rings is 1. The van der Waals surface area contributed by atoms with Crippen molar-refractivity contribution in [2.24, 2.45) is 5.41 Å². The summed E-state index contributed by atoms with van der Waals surface area (Å²) in [4.78, 5) is 30.8. The number of hydrogen-bond donors (Lipinski definition) is 2. The average molecular weight is 484 g/mol. The van der Waals surface area contributed by atoms with Crippen molar-refractivity contribution < 1.29 is 14.0 Å². The van der Waals surface area contributed by atoms with Gasteiger partial charge < -0.3 is 10.6 Å². The minimum atomic E-state index is -0.573. The molecule has 0 saturated carbocycles. The number of amides is 1. The van der Waals surface area contributed by atoms with E-state index in [9.17, 15) is 14.0 Å². The first-order valence-electron chi connectivity index (χ1n) is 10.1. The van der Waals surface area contributed by atoms with Gasteiger partial charge in [-0.3, -0.25) is 9.59 Å². The number of allylic oxidation sites excluding steroid dienone is 3. The molecule has 1 amide bonds. The van der Waals surface area contributed by atoms with Crippen molar-refractivity contribution in [1.82, 2.24) is 10.3 Å². The molecule has 160 valence electrons. The number of hydrogen-bond acceptors (Lipinski definition) is 4. The van der Waals surface area contributed by atoms with E-state index in [4.69, 9.17) is 0 Å². The molecule has 1 aromatic heterocycles. The van der Waals surface area contributed by atoms with Crippen LogP contribution in [0.15, 0.2) is 69.6 Å². The maximum Gasteiger partial charge on any atom is 0.255 e. The van der Waals surface area contributed by atoms with Gasteiger partial charge in [0.1, 0.15) is 11.6 Å². The third kappa shape index (κ3) is 4.32. The number of Topliss-reactive ketones (excluding diaryl/α,β-unsaturated/α-hetero) is 1. The maximum atomic E-state index is 13.6. The number of ketones is 1. The second-order valence-electron chi connectivity index (χ2n) is 8.80. The van der Waals surface area contributed by atoms with Gasteiger partial charge in [0, 0.05) is 45.5 Å². The second-order valence-corrected chi connectivity index (χ2v) is 9.71. The van der Waals surface area contributed by atoms with Crippen LogP contribution in [-0.4, -0.2) is 16.7 Å². The molecule has 7 heteroatoms. The average Bonchev–Trinajstić information content (AvgIpc) is 2.68. The zero-order valence-electron chi connectivity index (χ0n) is 17.6. The summed E-state index contributed by atoms with van der Waals surface area (Å²) >= 11 is 3.33. The molecule has 1 aromatic carbocycles. The molecule has 1 aliphatic heterocycles. The third-order valence-electron chi connectivity index (χ3n) is 5.66. The fourth-order valence-corrected chi connectivity index (χ4v) is 4.59. The second kappa shape index (κ2) is 8.04. The fourth-order valence-electron chi connectivity index (χ4n) is 4.36. The lowest BCUT2D eigenvalue weighted by atomic mass is 9.68. The standard InChI is InChI=1S/C24H23BrFN3O2/c1-13-20(23(31)29-19-9-6-15(25)12-27-19)21(14-4-7-16(26)8-5-14)22-17(28-13)10-24(2,3)11-18(22)30/h4-9,12,21,28H,10-11H2,1-3H3,(H,27,29,31)/t21-/m0/s1. The van der Waals surface area contributed by atoms with E-state index in [1.807, 2.05) is 6.92 Å². The fraction of sp³-hybridized carbons (Fsp3) is 0.292. The van der Waals surface area contributed by atoms with Crippen LogP contribution in [0.25, 0.3) is 0 Å². The smallest absolute Gasteiger partial charge is 0.255 e. The molecule has 4 rings (SSSR count). The van der Waals surface area contributed by atoms with Crippen LogP contribution in [0.3, 0.4) is 0 Å². The Hall–Kier alpha value is -2.80. The van der Waals surface area contributed by atoms with Crippen LogP contribution >= 0.6 is 15.9 Å². The van der Waals surface area contributed by atoms with Gasteiger partial charge in [-0.15, -0.1) is 0 Å². The number of carbonyl (C=O) groups is 2. The topological polar surface area (TPSA) is 71.1 Å². The van der Waals surface area contributed by atoms with E-state index in [1.54, 1.807) is 30.5 Å². The van der Waals surface area contributed by atoms with Crippen LogP contribution in [0.5, 0.6) is 0 Å². The van der Waals surface area contributed by atoms with Crippen molar-refractivity contribution in [3.63, 3.8) is 0 Å². The lowest BCUT2D eigenvalue weighted by Crippen LogP contribution is -2.39. The van der Waals surface area contributed by atoms with E-state index in [0.717, 1.165) is 10.2 Å². The SMILES string of the molecule is CC1=C(C(=O)Nc2ccc(Br)cn2)[C@H](c2ccc(F)cc2)C2=C(CC(C)(C)CC2=O)N1. The van der Waals surface area contributed by atoms with Crippen molar-refractivity contribution in [2.45, 2.75) is 39.5 Å². The van der Waals surface area contributed by atoms with Crippen LogP contribution in [0, 0.1) is 11.2 Å². The van der Waals surface area contributed by atoms with E-state index in [2.05, 4.69) is 45.4 Å². The lowest BCUT2D eigenvalue weighted by molar-refractivity contribution is -0.118. The molecular formula is C24H23BrFN3O2. The highest BCUT2D eigenvalue weighted by Crippen LogP contribution is 2.46. The Labute approximate surface area is 189 Å². The largest absolute Gasteiger partial charge is 0.362 e. The molecule has 0 fully saturated rings. The van der Waals surface area contributed by atoms with Crippen LogP contribution in [-0.2, 0) is 9.59 Å². The van der Waals surface area contributed by atoms with Crippen LogP contribution in [0.4, 0.5) is 10.2 Å². The molecule has 0 bridgehead atoms. The molecular weight excluding hydrogens is 461 g/mol. The van der Waals surface area contributed by atoms with Gasteiger partial charge in [-0.25, -0.2) is 9.37 Å². The van der Waals surface area contributed by atoms with Gasteiger partial charge in [0.2, 0.25) is 0 Å². The quantitative estimate of drug-likeness (QED) is 0.627. The van der Waals surface area contributed by atoms with Crippen molar-refractivity contribution in [1.29, 1.82) is 0 Å². The predicted octanol–water partition coefficient (Wildman–Crippen LogP) is 5.23. The number of dihydropyridines is 1. The van der Waals surface area contributed by atoms with Crippen molar-refractivity contribution in [3.05, 3.63) is 81.0 Å². The molecule has 0 unspecified atom stereocenters. The Morgan fingerprint density at radius 2 is 1.90 bits per heavy atom. The molecule has 2 aliphatic rings. The molecule has 2 heterocycles. The Kier molecular flexibility index (Phi) is 5.56. The number of nitrogens with zero attached hydrogens (tertiary/aromatic N) is 1. The van der Waals surface area contributed by atoms with Gasteiger partial charge in [-0.2, -0.15) is 0 Å². The summed E-state index contributed by atoms with van der Waals surface area (Å²) in [6.45, 7) is 5.95. The lowest BCUT2D eigenvalue weighted by Gasteiger charge is -2.39. The number of carbonyl (C=O) groups excluding carboxylic acids is 2. The summed E-state index contributed by atoms with van der Waals surface area (Å²) in [5.41, 5.74) is 3.07. The van der Waals surface area contributed by atoms with E-state index < -0.39 is 5.92 Å².